The van der Waals surface area contributed by atoms with E-state index in [1.807, 2.05) is 22.7 Å². The summed E-state index contributed by atoms with van der Waals surface area (Å²) in [4.78, 5) is 2.82. The van der Waals surface area contributed by atoms with Gasteiger partial charge in [-0.25, -0.2) is 0 Å². The molecule has 2 aromatic rings. The van der Waals surface area contributed by atoms with Crippen LogP contribution in [0.15, 0.2) is 29.0 Å². The van der Waals surface area contributed by atoms with Crippen LogP contribution in [-0.4, -0.2) is 5.54 Å². The van der Waals surface area contributed by atoms with E-state index in [9.17, 15) is 0 Å². The van der Waals surface area contributed by atoms with Crippen LogP contribution in [-0.2, 0) is 6.54 Å². The Morgan fingerprint density at radius 2 is 2.24 bits per heavy atom. The molecule has 1 nitrogen and oxygen atoms in total. The maximum Gasteiger partial charge on any atom is 0.0351 e. The second-order valence-corrected chi connectivity index (χ2v) is 6.99. The zero-order valence-corrected chi connectivity index (χ0v) is 11.7. The van der Waals surface area contributed by atoms with E-state index in [4.69, 9.17) is 0 Å². The molecular formula is C14H17NS2. The van der Waals surface area contributed by atoms with Gasteiger partial charge in [-0.3, -0.25) is 0 Å². The van der Waals surface area contributed by atoms with Crippen LogP contribution in [0.5, 0.6) is 0 Å². The molecule has 0 atom stereocenters. The minimum Gasteiger partial charge on any atom is -0.307 e. The van der Waals surface area contributed by atoms with Gasteiger partial charge in [-0.1, -0.05) is 6.07 Å². The Morgan fingerprint density at radius 3 is 2.88 bits per heavy atom. The van der Waals surface area contributed by atoms with Crippen LogP contribution in [0.2, 0.25) is 0 Å². The lowest BCUT2D eigenvalue weighted by atomic mass is 9.78. The summed E-state index contributed by atoms with van der Waals surface area (Å²) in [6, 6.07) is 6.63. The van der Waals surface area contributed by atoms with Crippen molar-refractivity contribution in [1.82, 2.24) is 5.32 Å². The van der Waals surface area contributed by atoms with Crippen molar-refractivity contribution in [1.29, 1.82) is 0 Å². The number of rotatable bonds is 4. The largest absolute Gasteiger partial charge is 0.307 e. The SMILES string of the molecule is CC1(NCc2cc(-c3cccs3)cs2)CCC1. The van der Waals surface area contributed by atoms with Gasteiger partial charge in [-0.15, -0.1) is 22.7 Å². The number of hydrogen-bond acceptors (Lipinski definition) is 3. The Hall–Kier alpha value is -0.640. The van der Waals surface area contributed by atoms with Crippen molar-refractivity contribution in [2.75, 3.05) is 0 Å². The van der Waals surface area contributed by atoms with Crippen molar-refractivity contribution in [3.63, 3.8) is 0 Å². The molecule has 1 N–H and O–H groups in total. The molecule has 1 aliphatic rings. The number of hydrogen-bond donors (Lipinski definition) is 1. The summed E-state index contributed by atoms with van der Waals surface area (Å²) in [6.45, 7) is 3.36. The molecule has 0 spiro atoms. The van der Waals surface area contributed by atoms with Crippen molar-refractivity contribution >= 4 is 22.7 Å². The Bertz CT molecular complexity index is 480. The van der Waals surface area contributed by atoms with E-state index < -0.39 is 0 Å². The molecular weight excluding hydrogens is 246 g/mol. The van der Waals surface area contributed by atoms with Crippen LogP contribution < -0.4 is 5.32 Å². The first-order valence-corrected chi connectivity index (χ1v) is 7.87. The first-order valence-electron chi connectivity index (χ1n) is 6.12. The van der Waals surface area contributed by atoms with E-state index >= 15 is 0 Å². The van der Waals surface area contributed by atoms with E-state index in [-0.39, 0.29) is 0 Å². The van der Waals surface area contributed by atoms with Crippen molar-refractivity contribution in [3.8, 4) is 10.4 Å². The molecule has 1 saturated carbocycles. The molecule has 17 heavy (non-hydrogen) atoms. The highest BCUT2D eigenvalue weighted by Gasteiger charge is 2.30. The molecule has 1 fully saturated rings. The van der Waals surface area contributed by atoms with E-state index in [1.54, 1.807) is 0 Å². The van der Waals surface area contributed by atoms with Gasteiger partial charge in [0.05, 0.1) is 0 Å². The highest BCUT2D eigenvalue weighted by molar-refractivity contribution is 7.14. The van der Waals surface area contributed by atoms with Gasteiger partial charge in [-0.05, 0) is 49.1 Å². The molecule has 0 radical (unpaired) electrons. The zero-order chi connectivity index (χ0) is 11.7. The Morgan fingerprint density at radius 1 is 1.35 bits per heavy atom. The van der Waals surface area contributed by atoms with Crippen molar-refractivity contribution in [2.45, 2.75) is 38.3 Å². The number of thiophene rings is 2. The summed E-state index contributed by atoms with van der Waals surface area (Å²) in [5, 5.41) is 8.09. The second kappa shape index (κ2) is 4.56. The van der Waals surface area contributed by atoms with Crippen LogP contribution in [0.4, 0.5) is 0 Å². The highest BCUT2D eigenvalue weighted by Crippen LogP contribution is 2.33. The topological polar surface area (TPSA) is 12.0 Å². The minimum absolute atomic E-state index is 0.410. The maximum absolute atomic E-state index is 3.68. The minimum atomic E-state index is 0.410. The lowest BCUT2D eigenvalue weighted by molar-refractivity contribution is 0.207. The third-order valence-corrected chi connectivity index (χ3v) is 5.46. The monoisotopic (exact) mass is 263 g/mol. The molecule has 0 aromatic carbocycles. The molecule has 0 unspecified atom stereocenters. The molecule has 2 heterocycles. The van der Waals surface area contributed by atoms with Crippen LogP contribution in [0.3, 0.4) is 0 Å². The van der Waals surface area contributed by atoms with Crippen molar-refractivity contribution in [3.05, 3.63) is 33.8 Å². The lowest BCUT2D eigenvalue weighted by Gasteiger charge is -2.39. The Kier molecular flexibility index (Phi) is 3.07. The highest BCUT2D eigenvalue weighted by atomic mass is 32.1. The summed E-state index contributed by atoms with van der Waals surface area (Å²) in [7, 11) is 0. The van der Waals surface area contributed by atoms with Gasteiger partial charge in [0.2, 0.25) is 0 Å². The molecule has 2 aromatic heterocycles. The maximum atomic E-state index is 3.68. The molecule has 0 aliphatic heterocycles. The predicted octanol–water partition coefficient (Wildman–Crippen LogP) is 4.51. The number of nitrogens with one attached hydrogen (secondary N) is 1. The molecule has 0 amide bonds. The van der Waals surface area contributed by atoms with Gasteiger partial charge < -0.3 is 5.32 Å². The van der Waals surface area contributed by atoms with Crippen LogP contribution in [0, 0.1) is 0 Å². The molecule has 1 aliphatic carbocycles. The van der Waals surface area contributed by atoms with Gasteiger partial charge in [0, 0.05) is 27.4 Å². The van der Waals surface area contributed by atoms with Gasteiger partial charge >= 0.3 is 0 Å². The van der Waals surface area contributed by atoms with E-state index in [1.165, 1.54) is 34.6 Å². The summed E-state index contributed by atoms with van der Waals surface area (Å²) in [6.07, 6.45) is 4.04. The third-order valence-electron chi connectivity index (χ3n) is 3.61. The quantitative estimate of drug-likeness (QED) is 0.856. The first-order chi connectivity index (χ1) is 8.25. The summed E-state index contributed by atoms with van der Waals surface area (Å²) in [5.41, 5.74) is 1.79. The third kappa shape index (κ3) is 2.46. The van der Waals surface area contributed by atoms with Crippen molar-refractivity contribution < 1.29 is 0 Å². The molecule has 3 heteroatoms. The Balaban J connectivity index is 1.65. The average Bonchev–Trinajstić information content (AvgIpc) is 2.93. The van der Waals surface area contributed by atoms with Crippen LogP contribution >= 0.6 is 22.7 Å². The normalized spacial score (nSPS) is 17.9. The van der Waals surface area contributed by atoms with E-state index in [0.29, 0.717) is 5.54 Å². The van der Waals surface area contributed by atoms with Crippen LogP contribution in [0.1, 0.15) is 31.1 Å². The van der Waals surface area contributed by atoms with Gasteiger partial charge in [0.25, 0.3) is 0 Å². The molecule has 0 saturated heterocycles. The predicted molar refractivity (Wildman–Crippen MR) is 76.7 cm³/mol. The van der Waals surface area contributed by atoms with Gasteiger partial charge in [0.15, 0.2) is 0 Å². The lowest BCUT2D eigenvalue weighted by Crippen LogP contribution is -2.47. The summed E-state index contributed by atoms with van der Waals surface area (Å²) in [5.74, 6) is 0. The molecule has 90 valence electrons. The molecule has 0 bridgehead atoms. The smallest absolute Gasteiger partial charge is 0.0351 e. The zero-order valence-electron chi connectivity index (χ0n) is 10.0. The fourth-order valence-electron chi connectivity index (χ4n) is 2.23. The van der Waals surface area contributed by atoms with E-state index in [2.05, 4.69) is 41.2 Å². The first kappa shape index (κ1) is 11.5. The van der Waals surface area contributed by atoms with Crippen molar-refractivity contribution in [2.24, 2.45) is 0 Å². The summed E-state index contributed by atoms with van der Waals surface area (Å²) < 4.78 is 0. The summed E-state index contributed by atoms with van der Waals surface area (Å²) >= 11 is 3.68. The fraction of sp³-hybridized carbons (Fsp3) is 0.429. The molecule has 3 rings (SSSR count). The standard InChI is InChI=1S/C14H17NS2/c1-14(5-3-6-14)15-9-12-8-11(10-17-12)13-4-2-7-16-13/h2,4,7-8,10,15H,3,5-6,9H2,1H3. The average molecular weight is 263 g/mol. The van der Waals surface area contributed by atoms with Gasteiger partial charge in [0.1, 0.15) is 0 Å². The fourth-order valence-corrected chi connectivity index (χ4v) is 3.84. The van der Waals surface area contributed by atoms with Gasteiger partial charge in [-0.2, -0.15) is 0 Å². The second-order valence-electron chi connectivity index (χ2n) is 5.05. The van der Waals surface area contributed by atoms with E-state index in [0.717, 1.165) is 6.54 Å². The van der Waals surface area contributed by atoms with Crippen LogP contribution in [0.25, 0.3) is 10.4 Å². The Labute approximate surface area is 111 Å².